The number of hydrogen-bond donors (Lipinski definition) is 2. The molecule has 0 bridgehead atoms. The number of aromatic nitrogens is 2. The number of hydrogen-bond acceptors (Lipinski definition) is 6. The molecule has 0 unspecified atom stereocenters. The first kappa shape index (κ1) is 26.6. The molecular weight excluding hydrogens is 524 g/mol. The van der Waals surface area contributed by atoms with E-state index in [1.165, 1.54) is 30.7 Å². The molecule has 0 radical (unpaired) electrons. The molecule has 1 aromatic heterocycles. The number of nitrogens with zero attached hydrogens (tertiary/aromatic N) is 3. The minimum absolute atomic E-state index is 0.0544. The number of likely N-dealkylation sites (N-methyl/N-ethyl adjacent to an activating group) is 1. The lowest BCUT2D eigenvalue weighted by atomic mass is 9.78. The number of halogens is 3. The monoisotopic (exact) mass is 551 g/mol. The van der Waals surface area contributed by atoms with Gasteiger partial charge in [0.05, 0.1) is 10.0 Å². The van der Waals surface area contributed by atoms with Crippen molar-refractivity contribution in [3.63, 3.8) is 0 Å². The summed E-state index contributed by atoms with van der Waals surface area (Å²) in [5.41, 5.74) is 2.35. The molecule has 0 saturated heterocycles. The maximum atomic E-state index is 15.1. The van der Waals surface area contributed by atoms with Crippen LogP contribution in [-0.2, 0) is 10.0 Å². The van der Waals surface area contributed by atoms with Crippen molar-refractivity contribution in [1.29, 1.82) is 0 Å². The zero-order chi connectivity index (χ0) is 26.0. The summed E-state index contributed by atoms with van der Waals surface area (Å²) in [6.07, 6.45) is 5.28. The first-order chi connectivity index (χ1) is 17.0. The molecule has 7 nitrogen and oxygen atoms in total. The number of sulfonamides is 1. The Labute approximate surface area is 221 Å². The molecular formula is C25H28Cl2FN5O2S. The molecule has 4 rings (SSSR count). The lowest BCUT2D eigenvalue weighted by Gasteiger charge is -2.41. The maximum Gasteiger partial charge on any atom is 0.265 e. The van der Waals surface area contributed by atoms with Gasteiger partial charge >= 0.3 is 0 Å². The number of nitrogens with one attached hydrogen (secondary N) is 2. The molecule has 3 aromatic rings. The van der Waals surface area contributed by atoms with Gasteiger partial charge < -0.3 is 10.2 Å². The Kier molecular flexibility index (Phi) is 8.04. The van der Waals surface area contributed by atoms with Crippen LogP contribution >= 0.6 is 23.2 Å². The number of benzene rings is 2. The number of aryl methyl sites for hydroxylation is 1. The molecule has 1 aliphatic carbocycles. The Bertz CT molecular complexity index is 1340. The molecule has 1 fully saturated rings. The summed E-state index contributed by atoms with van der Waals surface area (Å²) in [5, 5.41) is 4.56. The molecule has 192 valence electrons. The second-order valence-electron chi connectivity index (χ2n) is 9.26. The third-order valence-electron chi connectivity index (χ3n) is 6.63. The van der Waals surface area contributed by atoms with Gasteiger partial charge in [0.25, 0.3) is 10.0 Å². The van der Waals surface area contributed by atoms with E-state index in [1.807, 2.05) is 32.3 Å². The lowest BCUT2D eigenvalue weighted by molar-refractivity contribution is 0.196. The topological polar surface area (TPSA) is 87.2 Å². The highest BCUT2D eigenvalue weighted by Gasteiger charge is 2.33. The van der Waals surface area contributed by atoms with Crippen LogP contribution in [-0.4, -0.2) is 49.5 Å². The Morgan fingerprint density at radius 2 is 1.86 bits per heavy atom. The van der Waals surface area contributed by atoms with Gasteiger partial charge in [-0.15, -0.1) is 0 Å². The van der Waals surface area contributed by atoms with Gasteiger partial charge in [-0.2, -0.15) is 0 Å². The van der Waals surface area contributed by atoms with Crippen LogP contribution in [0.2, 0.25) is 10.0 Å². The Morgan fingerprint density at radius 1 is 1.08 bits per heavy atom. The summed E-state index contributed by atoms with van der Waals surface area (Å²) >= 11 is 12.3. The van der Waals surface area contributed by atoms with Crippen LogP contribution < -0.4 is 10.0 Å². The summed E-state index contributed by atoms with van der Waals surface area (Å²) in [6.45, 7) is 1.76. The molecule has 0 amide bonds. The zero-order valence-corrected chi connectivity index (χ0v) is 22.5. The molecule has 3 atom stereocenters. The van der Waals surface area contributed by atoms with Crippen molar-refractivity contribution < 1.29 is 12.8 Å². The van der Waals surface area contributed by atoms with E-state index in [9.17, 15) is 8.42 Å². The van der Waals surface area contributed by atoms with E-state index in [4.69, 9.17) is 23.2 Å². The van der Waals surface area contributed by atoms with Crippen LogP contribution in [0.4, 0.5) is 15.9 Å². The fraction of sp³-hybridized carbons (Fsp3) is 0.360. The second kappa shape index (κ2) is 10.9. The molecule has 0 spiro atoms. The molecule has 1 aliphatic rings. The Balaban J connectivity index is 1.53. The largest absolute Gasteiger partial charge is 0.380 e. The molecule has 2 aromatic carbocycles. The van der Waals surface area contributed by atoms with Gasteiger partial charge in [-0.05, 0) is 87.7 Å². The van der Waals surface area contributed by atoms with Crippen LogP contribution in [0.1, 0.15) is 36.3 Å². The van der Waals surface area contributed by atoms with Crippen molar-refractivity contribution in [2.75, 3.05) is 24.1 Å². The molecule has 36 heavy (non-hydrogen) atoms. The van der Waals surface area contributed by atoms with Crippen LogP contribution in [0.25, 0.3) is 0 Å². The highest BCUT2D eigenvalue weighted by atomic mass is 35.5. The Morgan fingerprint density at radius 3 is 2.53 bits per heavy atom. The molecule has 1 saturated carbocycles. The van der Waals surface area contributed by atoms with Crippen LogP contribution in [0.15, 0.2) is 53.8 Å². The SMILES string of the molecule is Cc1cc(S(=O)(=O)Nc2ccncn2)c(F)cc1N[C@H]1CC[C@H](c2ccc(Cl)c(Cl)c2)C[C@@H]1N(C)C. The zero-order valence-electron chi connectivity index (χ0n) is 20.2. The summed E-state index contributed by atoms with van der Waals surface area (Å²) in [4.78, 5) is 9.33. The average Bonchev–Trinajstić information content (AvgIpc) is 2.83. The standard InChI is InChI=1S/C25H28Cl2FN5O2S/c1-15-10-24(36(34,35)32-25-8-9-29-14-30-25)20(28)13-22(15)31-21-7-5-17(12-23(21)33(2)3)16-4-6-18(26)19(27)11-16/h4,6,8-11,13-14,17,21,23,31H,5,7,12H2,1-3H3,(H,29,30,32)/t17-,21-,23-/m0/s1. The van der Waals surface area contributed by atoms with Crippen molar-refractivity contribution in [3.05, 3.63) is 75.9 Å². The van der Waals surface area contributed by atoms with Gasteiger partial charge in [-0.1, -0.05) is 29.3 Å². The highest BCUT2D eigenvalue weighted by Crippen LogP contribution is 2.38. The first-order valence-electron chi connectivity index (χ1n) is 11.5. The van der Waals surface area contributed by atoms with Gasteiger partial charge in [0, 0.05) is 24.0 Å². The predicted octanol–water partition coefficient (Wildman–Crippen LogP) is 5.71. The van der Waals surface area contributed by atoms with E-state index in [1.54, 1.807) is 6.92 Å². The molecule has 1 heterocycles. The van der Waals surface area contributed by atoms with Crippen molar-refractivity contribution in [3.8, 4) is 0 Å². The van der Waals surface area contributed by atoms with Gasteiger partial charge in [0.1, 0.15) is 22.9 Å². The minimum atomic E-state index is -4.16. The van der Waals surface area contributed by atoms with E-state index in [2.05, 4.69) is 24.9 Å². The van der Waals surface area contributed by atoms with Gasteiger partial charge in [-0.25, -0.2) is 22.8 Å². The van der Waals surface area contributed by atoms with Gasteiger partial charge in [0.2, 0.25) is 0 Å². The third-order valence-corrected chi connectivity index (χ3v) is 8.73. The fourth-order valence-electron chi connectivity index (χ4n) is 4.71. The first-order valence-corrected chi connectivity index (χ1v) is 13.8. The Hall–Kier alpha value is -2.46. The van der Waals surface area contributed by atoms with E-state index < -0.39 is 20.7 Å². The van der Waals surface area contributed by atoms with E-state index in [-0.39, 0.29) is 17.9 Å². The predicted molar refractivity (Wildman–Crippen MR) is 142 cm³/mol. The molecule has 2 N–H and O–H groups in total. The average molecular weight is 553 g/mol. The van der Waals surface area contributed by atoms with Crippen molar-refractivity contribution in [2.45, 2.75) is 49.1 Å². The number of anilines is 2. The third kappa shape index (κ3) is 5.91. The van der Waals surface area contributed by atoms with Crippen molar-refractivity contribution >= 4 is 44.7 Å². The quantitative estimate of drug-likeness (QED) is 0.391. The maximum absolute atomic E-state index is 15.1. The van der Waals surface area contributed by atoms with Crippen molar-refractivity contribution in [1.82, 2.24) is 14.9 Å². The highest BCUT2D eigenvalue weighted by molar-refractivity contribution is 7.92. The summed E-state index contributed by atoms with van der Waals surface area (Å²) in [5.74, 6) is -0.448. The van der Waals surface area contributed by atoms with Crippen LogP contribution in [0, 0.1) is 12.7 Å². The summed E-state index contributed by atoms with van der Waals surface area (Å²) < 4.78 is 42.9. The molecule has 11 heteroatoms. The summed E-state index contributed by atoms with van der Waals surface area (Å²) in [7, 11) is -0.104. The normalized spacial score (nSPS) is 20.4. The van der Waals surface area contributed by atoms with Crippen LogP contribution in [0.3, 0.4) is 0 Å². The fourth-order valence-corrected chi connectivity index (χ4v) is 6.17. The van der Waals surface area contributed by atoms with E-state index >= 15 is 4.39 Å². The van der Waals surface area contributed by atoms with Crippen LogP contribution in [0.5, 0.6) is 0 Å². The minimum Gasteiger partial charge on any atom is -0.380 e. The number of rotatable bonds is 7. The van der Waals surface area contributed by atoms with E-state index in [0.29, 0.717) is 27.2 Å². The smallest absolute Gasteiger partial charge is 0.265 e. The molecule has 0 aliphatic heterocycles. The lowest BCUT2D eigenvalue weighted by Crippen LogP contribution is -2.47. The second-order valence-corrected chi connectivity index (χ2v) is 11.7. The van der Waals surface area contributed by atoms with Gasteiger partial charge in [-0.3, -0.25) is 4.72 Å². The van der Waals surface area contributed by atoms with E-state index in [0.717, 1.165) is 24.8 Å². The summed E-state index contributed by atoms with van der Waals surface area (Å²) in [6, 6.07) is 10.00. The van der Waals surface area contributed by atoms with Gasteiger partial charge in [0.15, 0.2) is 0 Å². The van der Waals surface area contributed by atoms with Crippen molar-refractivity contribution in [2.24, 2.45) is 0 Å².